The van der Waals surface area contributed by atoms with Gasteiger partial charge in [0, 0.05) is 10.8 Å². The molecule has 7 atom stereocenters. The maximum atomic E-state index is 11.5. The van der Waals surface area contributed by atoms with Gasteiger partial charge in [-0.25, -0.2) is 0 Å². The number of hydrogen-bond donors (Lipinski definition) is 3. The Bertz CT molecular complexity index is 501. The highest BCUT2D eigenvalue weighted by molar-refractivity contribution is 5.17. The Balaban J connectivity index is 2.03. The summed E-state index contributed by atoms with van der Waals surface area (Å²) in [4.78, 5) is 0. The molecule has 3 heteroatoms. The molecule has 0 heterocycles. The second-order valence-electron chi connectivity index (χ2n) is 9.79. The van der Waals surface area contributed by atoms with Crippen molar-refractivity contribution in [1.29, 1.82) is 0 Å². The molecule has 3 aliphatic carbocycles. The van der Waals surface area contributed by atoms with E-state index in [1.165, 1.54) is 0 Å². The summed E-state index contributed by atoms with van der Waals surface area (Å²) in [6.07, 6.45) is 5.57. The molecule has 3 saturated carbocycles. The molecule has 23 heavy (non-hydrogen) atoms. The molecule has 0 bridgehead atoms. The van der Waals surface area contributed by atoms with Crippen LogP contribution in [0.2, 0.25) is 0 Å². The Morgan fingerprint density at radius 3 is 2.22 bits per heavy atom. The lowest BCUT2D eigenvalue weighted by Crippen LogP contribution is -2.67. The van der Waals surface area contributed by atoms with E-state index < -0.39 is 23.2 Å². The molecule has 0 amide bonds. The summed E-state index contributed by atoms with van der Waals surface area (Å²) in [5.41, 5.74) is -1.39. The van der Waals surface area contributed by atoms with Gasteiger partial charge in [0.15, 0.2) is 0 Å². The summed E-state index contributed by atoms with van der Waals surface area (Å²) < 4.78 is 0. The molecular formula is C20H34O3. The molecule has 7 unspecified atom stereocenters. The average molecular weight is 322 g/mol. The summed E-state index contributed by atoms with van der Waals surface area (Å²) in [5.74, 6) is 0.343. The van der Waals surface area contributed by atoms with E-state index >= 15 is 0 Å². The first kappa shape index (κ1) is 17.4. The minimum Gasteiger partial charge on any atom is -0.393 e. The highest BCUT2D eigenvalue weighted by atomic mass is 16.3. The lowest BCUT2D eigenvalue weighted by atomic mass is 9.41. The number of aliphatic hydroxyl groups excluding tert-OH is 2. The zero-order valence-corrected chi connectivity index (χ0v) is 15.2. The van der Waals surface area contributed by atoms with Crippen LogP contribution >= 0.6 is 0 Å². The van der Waals surface area contributed by atoms with Crippen molar-refractivity contribution in [3.05, 3.63) is 12.7 Å². The van der Waals surface area contributed by atoms with E-state index in [-0.39, 0.29) is 16.7 Å². The first-order valence-electron chi connectivity index (χ1n) is 9.22. The normalized spacial score (nSPS) is 55.6. The molecule has 0 spiro atoms. The van der Waals surface area contributed by atoms with Crippen LogP contribution in [0.25, 0.3) is 0 Å². The van der Waals surface area contributed by atoms with E-state index in [9.17, 15) is 15.3 Å². The van der Waals surface area contributed by atoms with Gasteiger partial charge < -0.3 is 15.3 Å². The van der Waals surface area contributed by atoms with Gasteiger partial charge in [-0.3, -0.25) is 0 Å². The van der Waals surface area contributed by atoms with Gasteiger partial charge >= 0.3 is 0 Å². The summed E-state index contributed by atoms with van der Waals surface area (Å²) in [7, 11) is 0. The highest BCUT2D eigenvalue weighted by Crippen LogP contribution is 2.66. The van der Waals surface area contributed by atoms with Crippen LogP contribution in [0.5, 0.6) is 0 Å². The second kappa shape index (κ2) is 5.06. The van der Waals surface area contributed by atoms with E-state index in [0.717, 1.165) is 25.7 Å². The molecule has 3 fully saturated rings. The van der Waals surface area contributed by atoms with Gasteiger partial charge in [0.05, 0.1) is 17.8 Å². The fourth-order valence-corrected chi connectivity index (χ4v) is 6.56. The van der Waals surface area contributed by atoms with Crippen molar-refractivity contribution >= 4 is 0 Å². The zero-order valence-electron chi connectivity index (χ0n) is 15.2. The van der Waals surface area contributed by atoms with Gasteiger partial charge in [-0.2, -0.15) is 0 Å². The number of aliphatic hydroxyl groups is 3. The largest absolute Gasteiger partial charge is 0.393 e. The van der Waals surface area contributed by atoms with Crippen molar-refractivity contribution in [1.82, 2.24) is 0 Å². The fraction of sp³-hybridized carbons (Fsp3) is 0.900. The Labute approximate surface area is 140 Å². The van der Waals surface area contributed by atoms with Gasteiger partial charge in [0.25, 0.3) is 0 Å². The number of fused-ring (bicyclic) bond motifs is 3. The van der Waals surface area contributed by atoms with E-state index in [0.29, 0.717) is 18.8 Å². The number of hydrogen-bond acceptors (Lipinski definition) is 3. The zero-order chi connectivity index (χ0) is 17.3. The first-order chi connectivity index (χ1) is 10.5. The lowest BCUT2D eigenvalue weighted by molar-refractivity contribution is -0.251. The molecule has 0 radical (unpaired) electrons. The molecule has 3 rings (SSSR count). The van der Waals surface area contributed by atoms with E-state index in [2.05, 4.69) is 27.4 Å². The van der Waals surface area contributed by atoms with Crippen LogP contribution in [0.15, 0.2) is 12.7 Å². The minimum absolute atomic E-state index is 0.0497. The molecule has 0 saturated heterocycles. The third-order valence-corrected chi connectivity index (χ3v) is 8.11. The van der Waals surface area contributed by atoms with Gasteiger partial charge in [-0.05, 0) is 55.8 Å². The first-order valence-corrected chi connectivity index (χ1v) is 9.22. The molecule has 3 nitrogen and oxygen atoms in total. The second-order valence-corrected chi connectivity index (χ2v) is 9.79. The minimum atomic E-state index is -0.804. The Morgan fingerprint density at radius 1 is 0.957 bits per heavy atom. The smallest absolute Gasteiger partial charge is 0.0692 e. The monoisotopic (exact) mass is 322 g/mol. The molecule has 0 aromatic rings. The molecule has 3 N–H and O–H groups in total. The van der Waals surface area contributed by atoms with Crippen LogP contribution in [0, 0.1) is 28.1 Å². The van der Waals surface area contributed by atoms with Crippen molar-refractivity contribution in [2.24, 2.45) is 28.1 Å². The molecule has 3 aliphatic rings. The topological polar surface area (TPSA) is 60.7 Å². The predicted octanol–water partition coefficient (Wildman–Crippen LogP) is 3.28. The van der Waals surface area contributed by atoms with Crippen molar-refractivity contribution in [2.45, 2.75) is 84.0 Å². The van der Waals surface area contributed by atoms with E-state index in [1.54, 1.807) is 0 Å². The number of rotatable bonds is 1. The Kier molecular flexibility index (Phi) is 3.84. The van der Waals surface area contributed by atoms with Crippen LogP contribution < -0.4 is 0 Å². The fourth-order valence-electron chi connectivity index (χ4n) is 6.56. The van der Waals surface area contributed by atoms with Gasteiger partial charge in [-0.15, -0.1) is 6.58 Å². The molecule has 0 aromatic carbocycles. The lowest BCUT2D eigenvalue weighted by Gasteiger charge is -2.66. The van der Waals surface area contributed by atoms with Gasteiger partial charge in [0.2, 0.25) is 0 Å². The summed E-state index contributed by atoms with van der Waals surface area (Å²) in [5, 5.41) is 33.1. The van der Waals surface area contributed by atoms with Crippen molar-refractivity contribution in [3.8, 4) is 0 Å². The summed E-state index contributed by atoms with van der Waals surface area (Å²) in [6, 6.07) is 0. The van der Waals surface area contributed by atoms with Crippen molar-refractivity contribution in [3.63, 3.8) is 0 Å². The van der Waals surface area contributed by atoms with Crippen LogP contribution in [-0.4, -0.2) is 33.1 Å². The maximum Gasteiger partial charge on any atom is 0.0692 e. The van der Waals surface area contributed by atoms with E-state index in [4.69, 9.17) is 0 Å². The van der Waals surface area contributed by atoms with E-state index in [1.807, 2.05) is 13.0 Å². The SMILES string of the molecule is C=CC1(C)CC2(O)CCC3C(C)(C)CCC(O)C3(C)C2CC1O. The molecule has 132 valence electrons. The average Bonchev–Trinajstić information content (AvgIpc) is 2.46. The van der Waals surface area contributed by atoms with Crippen LogP contribution in [-0.2, 0) is 0 Å². The van der Waals surface area contributed by atoms with Crippen molar-refractivity contribution in [2.75, 3.05) is 0 Å². The highest BCUT2D eigenvalue weighted by Gasteiger charge is 2.65. The standard InChI is InChI=1S/C20H34O3/c1-6-18(4)12-20(23)10-7-13-17(2,3)9-8-15(21)19(13,5)14(20)11-16(18)22/h6,13-16,21-23H,1,7-12H2,2-5H3. The molecular weight excluding hydrogens is 288 g/mol. The van der Waals surface area contributed by atoms with Gasteiger partial charge in [-0.1, -0.05) is 33.8 Å². The predicted molar refractivity (Wildman–Crippen MR) is 91.8 cm³/mol. The van der Waals surface area contributed by atoms with Crippen LogP contribution in [0.1, 0.15) is 66.2 Å². The maximum absolute atomic E-state index is 11.5. The summed E-state index contributed by atoms with van der Waals surface area (Å²) in [6.45, 7) is 12.7. The third-order valence-electron chi connectivity index (χ3n) is 8.11. The van der Waals surface area contributed by atoms with Gasteiger partial charge in [0.1, 0.15) is 0 Å². The summed E-state index contributed by atoms with van der Waals surface area (Å²) >= 11 is 0. The third kappa shape index (κ3) is 2.26. The Morgan fingerprint density at radius 2 is 1.61 bits per heavy atom. The van der Waals surface area contributed by atoms with Crippen LogP contribution in [0.3, 0.4) is 0 Å². The van der Waals surface area contributed by atoms with Crippen molar-refractivity contribution < 1.29 is 15.3 Å². The molecule has 0 aromatic heterocycles. The van der Waals surface area contributed by atoms with Crippen LogP contribution in [0.4, 0.5) is 0 Å². The Hall–Kier alpha value is -0.380. The molecule has 0 aliphatic heterocycles. The quantitative estimate of drug-likeness (QED) is 0.649.